The minimum atomic E-state index is -4.13. The lowest BCUT2D eigenvalue weighted by molar-refractivity contribution is -0.144. The standard InChI is InChI=1S/C19H20N2O6S2/c1-10-7-14(27-12(3)18(22)23)8-11(2)17(10)29(24,25)19(28)20-15-6-5-13(26-4)9-16(15)21-19/h5-9,12,28H,1-4H3,(H,22,23). The quantitative estimate of drug-likeness (QED) is 0.662. The lowest BCUT2D eigenvalue weighted by Crippen LogP contribution is -2.29. The van der Waals surface area contributed by atoms with Gasteiger partial charge >= 0.3 is 10.3 Å². The SMILES string of the molecule is COc1ccc2c(c1)=NC(S)(S(=O)(=O)c1c(C)cc(OC(C)C(=O)O)cc1C)N=2. The van der Waals surface area contributed by atoms with Crippen LogP contribution in [0.1, 0.15) is 18.1 Å². The van der Waals surface area contributed by atoms with Crippen LogP contribution in [0.3, 0.4) is 0 Å². The normalized spacial score (nSPS) is 18.9. The molecule has 0 bridgehead atoms. The summed E-state index contributed by atoms with van der Waals surface area (Å²) >= 11 is 4.31. The van der Waals surface area contributed by atoms with E-state index in [1.54, 1.807) is 32.0 Å². The van der Waals surface area contributed by atoms with Crippen LogP contribution in [0.25, 0.3) is 0 Å². The van der Waals surface area contributed by atoms with Crippen LogP contribution in [0.5, 0.6) is 11.5 Å². The Morgan fingerprint density at radius 2 is 1.69 bits per heavy atom. The zero-order valence-corrected chi connectivity index (χ0v) is 17.9. The number of carbonyl (C=O) groups is 1. The maximum Gasteiger partial charge on any atom is 0.344 e. The second-order valence-electron chi connectivity index (χ2n) is 6.64. The highest BCUT2D eigenvalue weighted by molar-refractivity contribution is 8.06. The van der Waals surface area contributed by atoms with Crippen LogP contribution >= 0.6 is 12.6 Å². The molecule has 1 N–H and O–H groups in total. The predicted octanol–water partition coefficient (Wildman–Crippen LogP) is 1.43. The third kappa shape index (κ3) is 3.69. The van der Waals surface area contributed by atoms with Gasteiger partial charge in [-0.3, -0.25) is 0 Å². The lowest BCUT2D eigenvalue weighted by Gasteiger charge is -2.21. The third-order valence-corrected chi connectivity index (χ3v) is 7.44. The molecule has 0 aromatic heterocycles. The Hall–Kier alpha value is -2.59. The number of rotatable bonds is 6. The van der Waals surface area contributed by atoms with E-state index in [0.717, 1.165) is 0 Å². The van der Waals surface area contributed by atoms with Crippen LogP contribution < -0.4 is 20.2 Å². The number of carboxylic acid groups (broad SMARTS) is 1. The van der Waals surface area contributed by atoms with Crippen LogP contribution in [-0.4, -0.2) is 37.0 Å². The van der Waals surface area contributed by atoms with Gasteiger partial charge in [0.1, 0.15) is 11.5 Å². The van der Waals surface area contributed by atoms with Crippen molar-refractivity contribution in [1.82, 2.24) is 0 Å². The van der Waals surface area contributed by atoms with Gasteiger partial charge in [-0.1, -0.05) is 0 Å². The lowest BCUT2D eigenvalue weighted by atomic mass is 10.1. The van der Waals surface area contributed by atoms with Crippen LogP contribution in [0.15, 0.2) is 45.2 Å². The molecule has 0 radical (unpaired) electrons. The summed E-state index contributed by atoms with van der Waals surface area (Å²) in [6.07, 6.45) is -1.07. The van der Waals surface area contributed by atoms with Crippen LogP contribution in [0.2, 0.25) is 0 Å². The second kappa shape index (κ2) is 7.34. The van der Waals surface area contributed by atoms with E-state index in [1.165, 1.54) is 26.2 Å². The first-order valence-electron chi connectivity index (χ1n) is 8.60. The van der Waals surface area contributed by atoms with Crippen molar-refractivity contribution in [3.63, 3.8) is 0 Å². The molecule has 2 aromatic rings. The van der Waals surface area contributed by atoms with E-state index in [-0.39, 0.29) is 10.6 Å². The van der Waals surface area contributed by atoms with Crippen LogP contribution in [0, 0.1) is 13.8 Å². The van der Waals surface area contributed by atoms with Gasteiger partial charge in [-0.05, 0) is 56.2 Å². The summed E-state index contributed by atoms with van der Waals surface area (Å²) in [6, 6.07) is 7.82. The van der Waals surface area contributed by atoms with E-state index in [1.807, 2.05) is 0 Å². The van der Waals surface area contributed by atoms with Gasteiger partial charge in [-0.15, -0.1) is 12.6 Å². The second-order valence-corrected chi connectivity index (χ2v) is 9.55. The Kier molecular flexibility index (Phi) is 5.35. The van der Waals surface area contributed by atoms with Crippen molar-refractivity contribution < 1.29 is 27.8 Å². The molecule has 29 heavy (non-hydrogen) atoms. The number of aliphatic carboxylic acids is 1. The van der Waals surface area contributed by atoms with E-state index in [9.17, 15) is 13.2 Å². The molecule has 2 atom stereocenters. The maximum atomic E-state index is 13.4. The number of hydrogen-bond acceptors (Lipinski definition) is 8. The molecule has 0 amide bonds. The number of fused-ring (bicyclic) bond motifs is 1. The molecule has 0 fully saturated rings. The summed E-state index contributed by atoms with van der Waals surface area (Å²) in [5.41, 5.74) is 0.759. The van der Waals surface area contributed by atoms with Gasteiger partial charge in [0.25, 0.3) is 0 Å². The molecular weight excluding hydrogens is 416 g/mol. The molecule has 1 aliphatic rings. The number of carboxylic acids is 1. The number of ether oxygens (including phenoxy) is 2. The summed E-state index contributed by atoms with van der Waals surface area (Å²) < 4.78 is 35.3. The first kappa shape index (κ1) is 21.1. The molecule has 154 valence electrons. The van der Waals surface area contributed by atoms with Crippen molar-refractivity contribution in [2.75, 3.05) is 7.11 Å². The fraction of sp³-hybridized carbons (Fsp3) is 0.316. The molecule has 3 rings (SSSR count). The van der Waals surface area contributed by atoms with Gasteiger partial charge < -0.3 is 14.6 Å². The van der Waals surface area contributed by atoms with E-state index >= 15 is 0 Å². The predicted molar refractivity (Wildman–Crippen MR) is 108 cm³/mol. The van der Waals surface area contributed by atoms with Gasteiger partial charge in [0.2, 0.25) is 9.84 Å². The fourth-order valence-corrected chi connectivity index (χ4v) is 5.23. The Labute approximate surface area is 173 Å². The molecule has 0 spiro atoms. The highest BCUT2D eigenvalue weighted by Gasteiger charge is 2.44. The third-order valence-electron chi connectivity index (χ3n) is 4.44. The Bertz CT molecular complexity index is 1200. The molecule has 8 nitrogen and oxygen atoms in total. The van der Waals surface area contributed by atoms with E-state index in [2.05, 4.69) is 22.6 Å². The number of thiol groups is 1. The summed E-state index contributed by atoms with van der Waals surface area (Å²) in [7, 11) is -2.63. The fourth-order valence-electron chi connectivity index (χ4n) is 3.07. The summed E-state index contributed by atoms with van der Waals surface area (Å²) in [4.78, 5) is 19.5. The molecule has 0 saturated carbocycles. The topological polar surface area (TPSA) is 115 Å². The number of methoxy groups -OCH3 is 1. The highest BCUT2D eigenvalue weighted by Crippen LogP contribution is 2.37. The molecule has 2 unspecified atom stereocenters. The number of benzene rings is 2. The smallest absolute Gasteiger partial charge is 0.344 e. The minimum Gasteiger partial charge on any atom is -0.497 e. The van der Waals surface area contributed by atoms with Crippen molar-refractivity contribution in [2.24, 2.45) is 9.98 Å². The zero-order chi connectivity index (χ0) is 21.6. The molecule has 1 aliphatic heterocycles. The molecular formula is C19H20N2O6S2. The van der Waals surface area contributed by atoms with E-state index in [0.29, 0.717) is 27.6 Å². The van der Waals surface area contributed by atoms with Gasteiger partial charge in [0, 0.05) is 6.07 Å². The largest absolute Gasteiger partial charge is 0.497 e. The zero-order valence-electron chi connectivity index (χ0n) is 16.2. The maximum absolute atomic E-state index is 13.4. The van der Waals surface area contributed by atoms with Crippen molar-refractivity contribution in [2.45, 2.75) is 36.1 Å². The van der Waals surface area contributed by atoms with Gasteiger partial charge in [0.05, 0.1) is 22.7 Å². The highest BCUT2D eigenvalue weighted by atomic mass is 32.2. The summed E-state index contributed by atoms with van der Waals surface area (Å²) in [6.45, 7) is 4.59. The molecule has 10 heteroatoms. The summed E-state index contributed by atoms with van der Waals surface area (Å²) in [5.74, 6) is -0.336. The van der Waals surface area contributed by atoms with Crippen LogP contribution in [-0.2, 0) is 14.6 Å². The number of nitrogens with zero attached hydrogens (tertiary/aromatic N) is 2. The molecule has 0 saturated heterocycles. The number of sulfone groups is 1. The Balaban J connectivity index is 2.08. The van der Waals surface area contributed by atoms with E-state index in [4.69, 9.17) is 14.6 Å². The first-order chi connectivity index (χ1) is 13.5. The van der Waals surface area contributed by atoms with Crippen molar-refractivity contribution in [3.05, 3.63) is 52.2 Å². The monoisotopic (exact) mass is 436 g/mol. The average Bonchev–Trinajstić information content (AvgIpc) is 2.97. The van der Waals surface area contributed by atoms with Crippen molar-refractivity contribution >= 4 is 28.4 Å². The van der Waals surface area contributed by atoms with Crippen molar-refractivity contribution in [3.8, 4) is 11.5 Å². The van der Waals surface area contributed by atoms with Crippen LogP contribution in [0.4, 0.5) is 0 Å². The first-order valence-corrected chi connectivity index (χ1v) is 10.5. The number of aryl methyl sites for hydroxylation is 2. The summed E-state index contributed by atoms with van der Waals surface area (Å²) in [5, 5.41) is 9.77. The van der Waals surface area contributed by atoms with Gasteiger partial charge in [-0.2, -0.15) is 0 Å². The molecule has 0 aliphatic carbocycles. The van der Waals surface area contributed by atoms with Crippen molar-refractivity contribution in [1.29, 1.82) is 0 Å². The Morgan fingerprint density at radius 1 is 1.10 bits per heavy atom. The van der Waals surface area contributed by atoms with E-state index < -0.39 is 26.2 Å². The average molecular weight is 437 g/mol. The Morgan fingerprint density at radius 3 is 2.24 bits per heavy atom. The minimum absolute atomic E-state index is 0.0232. The van der Waals surface area contributed by atoms with Gasteiger partial charge in [0.15, 0.2) is 6.10 Å². The van der Waals surface area contributed by atoms with Gasteiger partial charge in [-0.25, -0.2) is 23.2 Å². The molecule has 2 aromatic carbocycles. The number of hydrogen-bond donors (Lipinski definition) is 2. The molecule has 1 heterocycles.